The Morgan fingerprint density at radius 3 is 2.14 bits per heavy atom. The van der Waals surface area contributed by atoms with Gasteiger partial charge in [-0.25, -0.2) is 8.42 Å². The van der Waals surface area contributed by atoms with Crippen molar-refractivity contribution in [3.8, 4) is 0 Å². The molecule has 1 N–H and O–H groups in total. The third-order valence-corrected chi connectivity index (χ3v) is 8.89. The van der Waals surface area contributed by atoms with Crippen molar-refractivity contribution in [2.45, 2.75) is 44.9 Å². The van der Waals surface area contributed by atoms with E-state index in [2.05, 4.69) is 5.32 Å². The second-order valence-electron chi connectivity index (χ2n) is 10.0. The Morgan fingerprint density at radius 1 is 0.932 bits per heavy atom. The van der Waals surface area contributed by atoms with Crippen LogP contribution in [0.1, 0.15) is 36.5 Å². The average molecular weight is 693 g/mol. The number of nitrogens with one attached hydrogen (secondary N) is 1. The quantitative estimate of drug-likeness (QED) is 0.196. The van der Waals surface area contributed by atoms with Crippen LogP contribution in [0, 0.1) is 0 Å². The van der Waals surface area contributed by atoms with E-state index in [1.165, 1.54) is 0 Å². The topological polar surface area (TPSA) is 86.8 Å². The number of rotatable bonds is 13. The monoisotopic (exact) mass is 691 g/mol. The number of amides is 2. The first-order chi connectivity index (χ1) is 20.6. The minimum absolute atomic E-state index is 0.0463. The highest BCUT2D eigenvalue weighted by molar-refractivity contribution is 7.92. The van der Waals surface area contributed by atoms with Crippen LogP contribution in [-0.4, -0.2) is 50.5 Å². The molecule has 0 aliphatic heterocycles. The highest BCUT2D eigenvalue weighted by Crippen LogP contribution is 2.37. The highest BCUT2D eigenvalue weighted by atomic mass is 35.5. The number of anilines is 1. The summed E-state index contributed by atoms with van der Waals surface area (Å²) < 4.78 is 67.2. The second kappa shape index (κ2) is 15.3. The van der Waals surface area contributed by atoms with Crippen molar-refractivity contribution in [1.29, 1.82) is 0 Å². The Morgan fingerprint density at radius 2 is 1.57 bits per heavy atom. The van der Waals surface area contributed by atoms with Gasteiger partial charge in [-0.3, -0.25) is 13.9 Å². The Bertz CT molecular complexity index is 1550. The molecule has 0 radical (unpaired) electrons. The molecule has 3 rings (SSSR count). The van der Waals surface area contributed by atoms with E-state index in [0.29, 0.717) is 34.5 Å². The van der Waals surface area contributed by atoms with Gasteiger partial charge in [-0.05, 0) is 42.3 Å². The lowest BCUT2D eigenvalue weighted by Crippen LogP contribution is -2.53. The van der Waals surface area contributed by atoms with Crippen LogP contribution in [0.15, 0.2) is 66.7 Å². The van der Waals surface area contributed by atoms with E-state index < -0.39 is 56.9 Å². The first kappa shape index (κ1) is 35.5. The first-order valence-electron chi connectivity index (χ1n) is 13.5. The Hall–Kier alpha value is -2.99. The van der Waals surface area contributed by atoms with Crippen LogP contribution in [0.4, 0.5) is 18.9 Å². The molecule has 0 aliphatic rings. The number of carbonyl (C=O) groups excluding carboxylic acids is 2. The third kappa shape index (κ3) is 9.50. The molecule has 0 bridgehead atoms. The molecule has 14 heteroatoms. The van der Waals surface area contributed by atoms with Gasteiger partial charge in [-0.15, -0.1) is 0 Å². The number of hydrogen-bond donors (Lipinski definition) is 1. The number of hydrogen-bond acceptors (Lipinski definition) is 4. The van der Waals surface area contributed by atoms with Gasteiger partial charge in [0.1, 0.15) is 12.6 Å². The van der Waals surface area contributed by atoms with Crippen molar-refractivity contribution in [3.05, 3.63) is 98.5 Å². The molecule has 0 spiro atoms. The van der Waals surface area contributed by atoms with E-state index in [4.69, 9.17) is 34.8 Å². The van der Waals surface area contributed by atoms with Crippen molar-refractivity contribution in [3.63, 3.8) is 0 Å². The summed E-state index contributed by atoms with van der Waals surface area (Å²) in [6.07, 6.45) is -2.61. The molecule has 0 heterocycles. The second-order valence-corrected chi connectivity index (χ2v) is 13.1. The van der Waals surface area contributed by atoms with Crippen molar-refractivity contribution < 1.29 is 31.2 Å². The van der Waals surface area contributed by atoms with Crippen LogP contribution in [0.3, 0.4) is 0 Å². The van der Waals surface area contributed by atoms with Crippen LogP contribution in [0.25, 0.3) is 0 Å². The lowest BCUT2D eigenvalue weighted by atomic mass is 10.0. The van der Waals surface area contributed by atoms with E-state index >= 15 is 0 Å². The summed E-state index contributed by atoms with van der Waals surface area (Å²) in [5.41, 5.74) is -0.686. The molecule has 44 heavy (non-hydrogen) atoms. The number of sulfonamides is 1. The Balaban J connectivity index is 2.13. The van der Waals surface area contributed by atoms with Gasteiger partial charge in [0.15, 0.2) is 0 Å². The molecule has 3 aromatic carbocycles. The molecule has 2 amide bonds. The molecular formula is C30H31Cl3F3N3O4S. The number of benzene rings is 3. The average Bonchev–Trinajstić information content (AvgIpc) is 2.94. The number of alkyl halides is 3. The fourth-order valence-electron chi connectivity index (χ4n) is 4.41. The Kier molecular flexibility index (Phi) is 12.4. The van der Waals surface area contributed by atoms with Crippen molar-refractivity contribution in [1.82, 2.24) is 10.2 Å². The third-order valence-electron chi connectivity index (χ3n) is 6.71. The normalized spacial score (nSPS) is 12.5. The van der Waals surface area contributed by atoms with Crippen LogP contribution in [0.5, 0.6) is 0 Å². The maximum atomic E-state index is 14.1. The van der Waals surface area contributed by atoms with Crippen molar-refractivity contribution in [2.24, 2.45) is 0 Å². The number of nitrogens with zero attached hydrogens (tertiary/aromatic N) is 2. The zero-order valence-corrected chi connectivity index (χ0v) is 27.0. The van der Waals surface area contributed by atoms with Gasteiger partial charge in [0.2, 0.25) is 21.8 Å². The molecule has 0 saturated heterocycles. The number of unbranched alkanes of at least 4 members (excludes halogenated alkanes) is 1. The van der Waals surface area contributed by atoms with Gasteiger partial charge < -0.3 is 10.2 Å². The number of halogens is 6. The van der Waals surface area contributed by atoms with E-state index in [-0.39, 0.29) is 23.0 Å². The highest BCUT2D eigenvalue weighted by Gasteiger charge is 2.36. The van der Waals surface area contributed by atoms with Gasteiger partial charge in [0.05, 0.1) is 22.5 Å². The summed E-state index contributed by atoms with van der Waals surface area (Å²) in [5, 5.41) is 2.60. The molecule has 1 atom stereocenters. The van der Waals surface area contributed by atoms with Crippen molar-refractivity contribution in [2.75, 3.05) is 23.7 Å². The van der Waals surface area contributed by atoms with Gasteiger partial charge in [0, 0.05) is 35.1 Å². The van der Waals surface area contributed by atoms with Gasteiger partial charge in [-0.2, -0.15) is 13.2 Å². The minimum atomic E-state index is -4.88. The predicted octanol–water partition coefficient (Wildman–Crippen LogP) is 6.99. The molecule has 0 saturated carbocycles. The summed E-state index contributed by atoms with van der Waals surface area (Å²) in [5.74, 6) is -1.38. The smallest absolute Gasteiger partial charge is 0.354 e. The standard InChI is InChI=1S/C30H31Cl3F3N3O4S/c1-3-4-15-37-29(41)27(16-20-9-6-5-7-10-20)38(18-22-24(31)11-8-12-25(22)32)28(40)19-39(44(2,42)43)21-13-14-26(33)23(17-21)30(34,35)36/h5-14,17,27H,3-4,15-16,18-19H2,1-2H3,(H,37,41)/t27-/m1/s1. The maximum absolute atomic E-state index is 14.1. The fourth-order valence-corrected chi connectivity index (χ4v) is 6.00. The van der Waals surface area contributed by atoms with E-state index in [1.54, 1.807) is 48.5 Å². The van der Waals surface area contributed by atoms with E-state index in [9.17, 15) is 31.2 Å². The molecule has 0 fully saturated rings. The fraction of sp³-hybridized carbons (Fsp3) is 0.333. The zero-order valence-electron chi connectivity index (χ0n) is 23.9. The van der Waals surface area contributed by atoms with Gasteiger partial charge >= 0.3 is 6.18 Å². The largest absolute Gasteiger partial charge is 0.417 e. The van der Waals surface area contributed by atoms with Crippen LogP contribution in [0.2, 0.25) is 15.1 Å². The molecule has 238 valence electrons. The molecule has 7 nitrogen and oxygen atoms in total. The summed E-state index contributed by atoms with van der Waals surface area (Å²) in [7, 11) is -4.31. The minimum Gasteiger partial charge on any atom is -0.354 e. The molecule has 3 aromatic rings. The molecule has 0 aliphatic carbocycles. The molecule has 0 unspecified atom stereocenters. The number of carbonyl (C=O) groups is 2. The summed E-state index contributed by atoms with van der Waals surface area (Å²) in [6.45, 7) is 1.06. The SMILES string of the molecule is CCCCNC(=O)[C@@H](Cc1ccccc1)N(Cc1c(Cl)cccc1Cl)C(=O)CN(c1ccc(Cl)c(C(F)(F)F)c1)S(C)(=O)=O. The molecular weight excluding hydrogens is 662 g/mol. The summed E-state index contributed by atoms with van der Waals surface area (Å²) in [4.78, 5) is 28.9. The summed E-state index contributed by atoms with van der Waals surface area (Å²) >= 11 is 18.6. The Labute approximate surface area is 269 Å². The van der Waals surface area contributed by atoms with E-state index in [0.717, 1.165) is 29.7 Å². The van der Waals surface area contributed by atoms with Crippen LogP contribution >= 0.6 is 34.8 Å². The van der Waals surface area contributed by atoms with Gasteiger partial charge in [-0.1, -0.05) is 84.5 Å². The van der Waals surface area contributed by atoms with Gasteiger partial charge in [0.25, 0.3) is 0 Å². The lowest BCUT2D eigenvalue weighted by molar-refractivity contribution is -0.140. The first-order valence-corrected chi connectivity index (χ1v) is 16.5. The summed E-state index contributed by atoms with van der Waals surface area (Å²) in [6, 6.07) is 14.9. The van der Waals surface area contributed by atoms with E-state index in [1.807, 2.05) is 6.92 Å². The maximum Gasteiger partial charge on any atom is 0.417 e. The predicted molar refractivity (Wildman–Crippen MR) is 168 cm³/mol. The lowest BCUT2D eigenvalue weighted by Gasteiger charge is -2.34. The van der Waals surface area contributed by atoms with Crippen molar-refractivity contribution >= 4 is 62.3 Å². The zero-order chi connectivity index (χ0) is 32.7. The van der Waals surface area contributed by atoms with Crippen LogP contribution < -0.4 is 9.62 Å². The van der Waals surface area contributed by atoms with Crippen LogP contribution in [-0.2, 0) is 38.8 Å². The molecule has 0 aromatic heterocycles.